The van der Waals surface area contributed by atoms with E-state index in [9.17, 15) is 13.2 Å². The summed E-state index contributed by atoms with van der Waals surface area (Å²) in [6, 6.07) is 20.1. The van der Waals surface area contributed by atoms with E-state index in [-0.39, 0.29) is 21.6 Å². The maximum absolute atomic E-state index is 13.4. The Labute approximate surface area is 199 Å². The van der Waals surface area contributed by atoms with Crippen molar-refractivity contribution < 1.29 is 13.2 Å². The van der Waals surface area contributed by atoms with Crippen molar-refractivity contribution in [3.63, 3.8) is 0 Å². The molecular weight excluding hydrogens is 467 g/mol. The van der Waals surface area contributed by atoms with Crippen molar-refractivity contribution in [3.8, 4) is 0 Å². The average Bonchev–Trinajstić information content (AvgIpc) is 2.79. The number of aryl methyl sites for hydroxylation is 1. The van der Waals surface area contributed by atoms with Gasteiger partial charge in [0.15, 0.2) is 0 Å². The molecule has 0 saturated carbocycles. The molecular formula is C24H24Cl2N2O3S. The molecule has 168 valence electrons. The molecule has 0 radical (unpaired) electrons. The van der Waals surface area contributed by atoms with Gasteiger partial charge in [-0.25, -0.2) is 8.42 Å². The summed E-state index contributed by atoms with van der Waals surface area (Å²) in [5.41, 5.74) is 2.33. The summed E-state index contributed by atoms with van der Waals surface area (Å²) >= 11 is 12.1. The lowest BCUT2D eigenvalue weighted by Crippen LogP contribution is -2.42. The molecule has 0 aromatic heterocycles. The van der Waals surface area contributed by atoms with E-state index in [1.807, 2.05) is 38.1 Å². The Hall–Kier alpha value is -2.54. The number of rotatable bonds is 8. The minimum Gasteiger partial charge on any atom is -0.348 e. The van der Waals surface area contributed by atoms with E-state index in [0.717, 1.165) is 15.4 Å². The van der Waals surface area contributed by atoms with Gasteiger partial charge in [-0.05, 0) is 49.2 Å². The minimum atomic E-state index is -4.02. The van der Waals surface area contributed by atoms with Crippen LogP contribution in [0.15, 0.2) is 77.7 Å². The van der Waals surface area contributed by atoms with Gasteiger partial charge < -0.3 is 5.32 Å². The van der Waals surface area contributed by atoms with Gasteiger partial charge in [0.05, 0.1) is 26.7 Å². The third kappa shape index (κ3) is 5.63. The Balaban J connectivity index is 1.92. The van der Waals surface area contributed by atoms with Crippen LogP contribution in [0, 0.1) is 6.92 Å². The molecule has 0 spiro atoms. The number of hydrogen-bond donors (Lipinski definition) is 1. The maximum atomic E-state index is 13.4. The van der Waals surface area contributed by atoms with Gasteiger partial charge >= 0.3 is 0 Å². The van der Waals surface area contributed by atoms with Crippen LogP contribution in [0.3, 0.4) is 0 Å². The first-order valence-electron chi connectivity index (χ1n) is 10.1. The first kappa shape index (κ1) is 24.1. The first-order valence-corrected chi connectivity index (χ1v) is 12.3. The Bertz CT molecular complexity index is 1180. The number of halogens is 2. The van der Waals surface area contributed by atoms with Crippen LogP contribution < -0.4 is 9.62 Å². The molecule has 32 heavy (non-hydrogen) atoms. The number of anilines is 1. The minimum absolute atomic E-state index is 0.0736. The zero-order valence-corrected chi connectivity index (χ0v) is 20.1. The van der Waals surface area contributed by atoms with Crippen molar-refractivity contribution in [2.75, 3.05) is 10.8 Å². The van der Waals surface area contributed by atoms with Crippen molar-refractivity contribution in [1.82, 2.24) is 5.32 Å². The number of hydrogen-bond acceptors (Lipinski definition) is 3. The van der Waals surface area contributed by atoms with Crippen molar-refractivity contribution in [3.05, 3.63) is 94.0 Å². The Morgan fingerprint density at radius 3 is 2.22 bits per heavy atom. The fourth-order valence-electron chi connectivity index (χ4n) is 3.27. The summed E-state index contributed by atoms with van der Waals surface area (Å²) in [6.07, 6.45) is 0.660. The topological polar surface area (TPSA) is 66.5 Å². The lowest BCUT2D eigenvalue weighted by Gasteiger charge is -2.26. The van der Waals surface area contributed by atoms with Crippen LogP contribution >= 0.6 is 23.2 Å². The largest absolute Gasteiger partial charge is 0.348 e. The molecule has 1 amide bonds. The smallest absolute Gasteiger partial charge is 0.264 e. The van der Waals surface area contributed by atoms with Crippen LogP contribution in [-0.4, -0.2) is 20.9 Å². The monoisotopic (exact) mass is 490 g/mol. The normalized spacial score (nSPS) is 12.2. The van der Waals surface area contributed by atoms with Gasteiger partial charge in [-0.2, -0.15) is 0 Å². The number of sulfonamides is 1. The van der Waals surface area contributed by atoms with Crippen LogP contribution in [0.4, 0.5) is 5.69 Å². The lowest BCUT2D eigenvalue weighted by atomic mass is 10.0. The fraction of sp³-hybridized carbons (Fsp3) is 0.208. The second kappa shape index (κ2) is 10.4. The molecule has 0 bridgehead atoms. The number of benzene rings is 3. The molecule has 0 fully saturated rings. The van der Waals surface area contributed by atoms with E-state index in [2.05, 4.69) is 5.32 Å². The highest BCUT2D eigenvalue weighted by Crippen LogP contribution is 2.30. The number of amides is 1. The molecule has 1 unspecified atom stereocenters. The van der Waals surface area contributed by atoms with Gasteiger partial charge in [0.25, 0.3) is 10.0 Å². The summed E-state index contributed by atoms with van der Waals surface area (Å²) < 4.78 is 27.8. The van der Waals surface area contributed by atoms with Gasteiger partial charge in [-0.3, -0.25) is 9.10 Å². The zero-order valence-electron chi connectivity index (χ0n) is 17.8. The standard InChI is InChI=1S/C24H24Cl2N2O3S/c1-3-23(18-11-9-17(2)10-12-18)27-24(29)16-28(19-13-14-21(25)22(26)15-19)32(30,31)20-7-5-4-6-8-20/h4-15,23H,3,16H2,1-2H3,(H,27,29). The summed E-state index contributed by atoms with van der Waals surface area (Å²) in [4.78, 5) is 13.1. The van der Waals surface area contributed by atoms with Gasteiger partial charge in [-0.1, -0.05) is 78.2 Å². The van der Waals surface area contributed by atoms with Crippen LogP contribution in [0.25, 0.3) is 0 Å². The van der Waals surface area contributed by atoms with Crippen molar-refractivity contribution in [1.29, 1.82) is 0 Å². The van der Waals surface area contributed by atoms with Gasteiger partial charge in [-0.15, -0.1) is 0 Å². The SMILES string of the molecule is CCC(NC(=O)CN(c1ccc(Cl)c(Cl)c1)S(=O)(=O)c1ccccc1)c1ccc(C)cc1. The number of carbonyl (C=O) groups is 1. The number of nitrogens with zero attached hydrogens (tertiary/aromatic N) is 1. The zero-order chi connectivity index (χ0) is 23.3. The Morgan fingerprint density at radius 1 is 0.969 bits per heavy atom. The summed E-state index contributed by atoms with van der Waals surface area (Å²) in [6.45, 7) is 3.55. The maximum Gasteiger partial charge on any atom is 0.264 e. The van der Waals surface area contributed by atoms with Crippen LogP contribution in [0.1, 0.15) is 30.5 Å². The predicted octanol–water partition coefficient (Wildman–Crippen LogP) is 5.76. The van der Waals surface area contributed by atoms with Crippen LogP contribution in [0.5, 0.6) is 0 Å². The van der Waals surface area contributed by atoms with Gasteiger partial charge in [0.1, 0.15) is 6.54 Å². The van der Waals surface area contributed by atoms with E-state index < -0.39 is 22.5 Å². The summed E-state index contributed by atoms with van der Waals surface area (Å²) in [7, 11) is -4.02. The molecule has 1 atom stereocenters. The first-order chi connectivity index (χ1) is 15.2. The van der Waals surface area contributed by atoms with Crippen molar-refractivity contribution in [2.24, 2.45) is 0 Å². The summed E-state index contributed by atoms with van der Waals surface area (Å²) in [5.74, 6) is -0.428. The highest BCUT2D eigenvalue weighted by atomic mass is 35.5. The molecule has 8 heteroatoms. The van der Waals surface area contributed by atoms with E-state index in [1.165, 1.54) is 30.3 Å². The molecule has 3 rings (SSSR count). The fourth-order valence-corrected chi connectivity index (χ4v) is 4.99. The van der Waals surface area contributed by atoms with Crippen LogP contribution in [-0.2, 0) is 14.8 Å². The van der Waals surface area contributed by atoms with Gasteiger partial charge in [0.2, 0.25) is 5.91 Å². The highest BCUT2D eigenvalue weighted by molar-refractivity contribution is 7.92. The molecule has 0 saturated heterocycles. The number of nitrogens with one attached hydrogen (secondary N) is 1. The molecule has 0 heterocycles. The summed E-state index contributed by atoms with van der Waals surface area (Å²) in [5, 5.41) is 3.44. The third-order valence-corrected chi connectivity index (χ3v) is 7.56. The van der Waals surface area contributed by atoms with Crippen molar-refractivity contribution >= 4 is 44.8 Å². The van der Waals surface area contributed by atoms with E-state index in [1.54, 1.807) is 18.2 Å². The molecule has 1 N–H and O–H groups in total. The molecule has 3 aromatic carbocycles. The molecule has 0 aliphatic heterocycles. The molecule has 0 aliphatic rings. The lowest BCUT2D eigenvalue weighted by molar-refractivity contribution is -0.120. The Morgan fingerprint density at radius 2 is 1.62 bits per heavy atom. The van der Waals surface area contributed by atoms with E-state index in [0.29, 0.717) is 11.4 Å². The Kier molecular flexibility index (Phi) is 7.82. The van der Waals surface area contributed by atoms with E-state index in [4.69, 9.17) is 23.2 Å². The predicted molar refractivity (Wildman–Crippen MR) is 130 cm³/mol. The van der Waals surface area contributed by atoms with Crippen molar-refractivity contribution in [2.45, 2.75) is 31.2 Å². The molecule has 0 aliphatic carbocycles. The quantitative estimate of drug-likeness (QED) is 0.436. The van der Waals surface area contributed by atoms with Crippen LogP contribution in [0.2, 0.25) is 10.0 Å². The molecule has 5 nitrogen and oxygen atoms in total. The second-order valence-corrected chi connectivity index (χ2v) is 10.0. The molecule has 3 aromatic rings. The third-order valence-electron chi connectivity index (χ3n) is 5.03. The number of carbonyl (C=O) groups excluding carboxylic acids is 1. The van der Waals surface area contributed by atoms with E-state index >= 15 is 0 Å². The highest BCUT2D eigenvalue weighted by Gasteiger charge is 2.28. The second-order valence-electron chi connectivity index (χ2n) is 7.36. The van der Waals surface area contributed by atoms with Gasteiger partial charge in [0, 0.05) is 0 Å². The average molecular weight is 491 g/mol.